The molecule has 1 saturated heterocycles. The Labute approximate surface area is 184 Å². The molecule has 3 aliphatic heterocycles. The van der Waals surface area contributed by atoms with Crippen molar-refractivity contribution in [3.63, 3.8) is 0 Å². The minimum Gasteiger partial charge on any atom is -0.454 e. The first-order chi connectivity index (χ1) is 14.8. The van der Waals surface area contributed by atoms with Gasteiger partial charge in [0.25, 0.3) is 5.91 Å². The monoisotopic (exact) mass is 443 g/mol. The van der Waals surface area contributed by atoms with Crippen molar-refractivity contribution in [2.45, 2.75) is 24.1 Å². The molecule has 0 aliphatic carbocycles. The molecule has 2 amide bonds. The van der Waals surface area contributed by atoms with Crippen molar-refractivity contribution < 1.29 is 24.2 Å². The molecular formula is C22H22ClN3O5. The predicted molar refractivity (Wildman–Crippen MR) is 113 cm³/mol. The number of benzene rings is 2. The Morgan fingerprint density at radius 1 is 1.26 bits per heavy atom. The van der Waals surface area contributed by atoms with Crippen LogP contribution in [0.3, 0.4) is 0 Å². The van der Waals surface area contributed by atoms with E-state index in [0.29, 0.717) is 33.3 Å². The molecule has 3 heterocycles. The Kier molecular flexibility index (Phi) is 4.62. The second-order valence-electron chi connectivity index (χ2n) is 8.18. The van der Waals surface area contributed by atoms with Crippen LogP contribution >= 0.6 is 11.6 Å². The third-order valence-electron chi connectivity index (χ3n) is 6.17. The molecule has 8 nitrogen and oxygen atoms in total. The zero-order valence-electron chi connectivity index (χ0n) is 17.1. The van der Waals surface area contributed by atoms with Crippen LogP contribution in [-0.4, -0.2) is 66.3 Å². The highest BCUT2D eigenvalue weighted by Crippen LogP contribution is 2.53. The van der Waals surface area contributed by atoms with Crippen LogP contribution in [-0.2, 0) is 15.1 Å². The molecule has 2 aromatic rings. The summed E-state index contributed by atoms with van der Waals surface area (Å²) in [4.78, 5) is 30.2. The van der Waals surface area contributed by atoms with Crippen LogP contribution in [0.5, 0.6) is 11.5 Å². The van der Waals surface area contributed by atoms with Crippen LogP contribution in [0.1, 0.15) is 17.5 Å². The Hall–Kier alpha value is -2.81. The first kappa shape index (κ1) is 20.1. The molecule has 0 saturated carbocycles. The minimum absolute atomic E-state index is 0.0368. The van der Waals surface area contributed by atoms with Crippen LogP contribution in [0.25, 0.3) is 0 Å². The lowest BCUT2D eigenvalue weighted by molar-refractivity contribution is -0.138. The van der Waals surface area contributed by atoms with Crippen LogP contribution in [0.15, 0.2) is 36.4 Å². The smallest absolute Gasteiger partial charge is 0.254 e. The van der Waals surface area contributed by atoms with E-state index in [4.69, 9.17) is 21.1 Å². The molecule has 1 unspecified atom stereocenters. The lowest BCUT2D eigenvalue weighted by Crippen LogP contribution is -2.57. The number of para-hydroxylation sites is 1. The number of likely N-dealkylation sites (N-methyl/N-ethyl adjacent to an activating group) is 1. The Balaban J connectivity index is 1.81. The van der Waals surface area contributed by atoms with E-state index in [-0.39, 0.29) is 31.6 Å². The van der Waals surface area contributed by atoms with Gasteiger partial charge in [0.05, 0.1) is 12.1 Å². The number of nitrogens with one attached hydrogen (secondary N) is 1. The molecule has 1 fully saturated rings. The zero-order valence-corrected chi connectivity index (χ0v) is 17.8. The number of carbonyl (C=O) groups excluding carboxylic acids is 2. The summed E-state index contributed by atoms with van der Waals surface area (Å²) in [5.74, 6) is 0.446. The molecule has 0 aromatic heterocycles. The first-order valence-corrected chi connectivity index (χ1v) is 10.4. The van der Waals surface area contributed by atoms with Crippen LogP contribution in [0, 0.1) is 0 Å². The van der Waals surface area contributed by atoms with Crippen LogP contribution < -0.4 is 14.8 Å². The molecular weight excluding hydrogens is 422 g/mol. The largest absolute Gasteiger partial charge is 0.454 e. The van der Waals surface area contributed by atoms with Crippen molar-refractivity contribution in [3.05, 3.63) is 52.5 Å². The number of likely N-dealkylation sites (tertiary alicyclic amines) is 1. The van der Waals surface area contributed by atoms with Crippen molar-refractivity contribution in [2.75, 3.05) is 32.7 Å². The fourth-order valence-corrected chi connectivity index (χ4v) is 5.07. The van der Waals surface area contributed by atoms with Crippen LogP contribution in [0.2, 0.25) is 5.02 Å². The Morgan fingerprint density at radius 3 is 2.84 bits per heavy atom. The van der Waals surface area contributed by atoms with Gasteiger partial charge in [-0.3, -0.25) is 14.5 Å². The number of hydrogen-bond acceptors (Lipinski definition) is 6. The highest BCUT2D eigenvalue weighted by Gasteiger charge is 2.60. The van der Waals surface area contributed by atoms with E-state index in [0.717, 1.165) is 0 Å². The molecule has 0 radical (unpaired) electrons. The van der Waals surface area contributed by atoms with E-state index < -0.39 is 17.7 Å². The van der Waals surface area contributed by atoms with Crippen molar-refractivity contribution >= 4 is 29.1 Å². The second kappa shape index (κ2) is 7.12. The van der Waals surface area contributed by atoms with Gasteiger partial charge in [-0.2, -0.15) is 0 Å². The number of aliphatic hydroxyl groups is 1. The van der Waals surface area contributed by atoms with Gasteiger partial charge >= 0.3 is 0 Å². The summed E-state index contributed by atoms with van der Waals surface area (Å²) in [7, 11) is 3.32. The summed E-state index contributed by atoms with van der Waals surface area (Å²) in [6, 6.07) is 9.82. The molecule has 0 bridgehead atoms. The van der Waals surface area contributed by atoms with Gasteiger partial charge in [0, 0.05) is 42.5 Å². The number of anilines is 1. The molecule has 9 heteroatoms. The van der Waals surface area contributed by atoms with Gasteiger partial charge in [0.2, 0.25) is 12.7 Å². The van der Waals surface area contributed by atoms with E-state index in [9.17, 15) is 14.7 Å². The minimum atomic E-state index is -1.42. The molecule has 3 aliphatic rings. The highest BCUT2D eigenvalue weighted by molar-refractivity contribution is 6.31. The first-order valence-electron chi connectivity index (χ1n) is 10.0. The van der Waals surface area contributed by atoms with E-state index in [2.05, 4.69) is 5.32 Å². The third-order valence-corrected chi connectivity index (χ3v) is 6.41. The maximum Gasteiger partial charge on any atom is 0.254 e. The number of β-amino-alcohol motifs (C(OH)–C–C–N with tert-alkyl or cyclic N) is 1. The number of carbonyl (C=O) groups is 2. The summed E-state index contributed by atoms with van der Waals surface area (Å²) in [6.45, 7) is 0.170. The fraction of sp³-hybridized carbons (Fsp3) is 0.364. The molecule has 2 aromatic carbocycles. The average molecular weight is 444 g/mol. The number of aliphatic hydroxyl groups excluding tert-OH is 1. The quantitative estimate of drug-likeness (QED) is 0.751. The second-order valence-corrected chi connectivity index (χ2v) is 8.62. The normalized spacial score (nSPS) is 26.6. The molecule has 162 valence electrons. The van der Waals surface area contributed by atoms with E-state index in [1.807, 2.05) is 0 Å². The molecule has 2 N–H and O–H groups in total. The zero-order chi connectivity index (χ0) is 21.9. The highest BCUT2D eigenvalue weighted by atomic mass is 35.5. The van der Waals surface area contributed by atoms with Gasteiger partial charge < -0.3 is 24.8 Å². The van der Waals surface area contributed by atoms with Gasteiger partial charge in [-0.05, 0) is 30.7 Å². The molecule has 0 spiro atoms. The van der Waals surface area contributed by atoms with Gasteiger partial charge in [0.15, 0.2) is 17.0 Å². The summed E-state index contributed by atoms with van der Waals surface area (Å²) in [6.07, 6.45) is -0.551. The Morgan fingerprint density at radius 2 is 2.06 bits per heavy atom. The van der Waals surface area contributed by atoms with Crippen LogP contribution in [0.4, 0.5) is 5.69 Å². The molecule has 31 heavy (non-hydrogen) atoms. The van der Waals surface area contributed by atoms with Gasteiger partial charge in [-0.1, -0.05) is 23.7 Å². The predicted octanol–water partition coefficient (Wildman–Crippen LogP) is 1.79. The molecule has 5 rings (SSSR count). The summed E-state index contributed by atoms with van der Waals surface area (Å²) in [5, 5.41) is 14.0. The maximum absolute atomic E-state index is 13.8. The third kappa shape index (κ3) is 2.82. The standard InChI is InChI=1S/C22H22ClN3O5/c1-25(2)20(28)17-9-13(27)10-26(17)22(14-4-3-5-18-19(14)31-11-30-18)15-8-12(23)6-7-16(15)24-21(22)29/h3-8,13,17,27H,9-11H2,1-2H3,(H,24,29)/t13-,17+,22?/m1/s1. The number of hydrogen-bond donors (Lipinski definition) is 2. The fourth-order valence-electron chi connectivity index (χ4n) is 4.90. The van der Waals surface area contributed by atoms with E-state index in [1.54, 1.807) is 55.4 Å². The average Bonchev–Trinajstić information content (AvgIpc) is 3.43. The summed E-state index contributed by atoms with van der Waals surface area (Å²) < 4.78 is 11.3. The van der Waals surface area contributed by atoms with Crippen molar-refractivity contribution in [1.82, 2.24) is 9.80 Å². The molecule has 3 atom stereocenters. The number of ether oxygens (including phenoxy) is 2. The SMILES string of the molecule is CN(C)C(=O)[C@@H]1C[C@@H](O)CN1C1(c2cccc3c2OCO3)C(=O)Nc2ccc(Cl)cc21. The maximum atomic E-state index is 13.8. The lowest BCUT2D eigenvalue weighted by Gasteiger charge is -2.41. The van der Waals surface area contributed by atoms with Gasteiger partial charge in [0.1, 0.15) is 0 Å². The summed E-state index contributed by atoms with van der Waals surface area (Å²) >= 11 is 6.35. The number of fused-ring (bicyclic) bond motifs is 2. The van der Waals surface area contributed by atoms with Crippen molar-refractivity contribution in [1.29, 1.82) is 0 Å². The topological polar surface area (TPSA) is 91.3 Å². The van der Waals surface area contributed by atoms with Crippen molar-refractivity contribution in [2.24, 2.45) is 0 Å². The van der Waals surface area contributed by atoms with E-state index >= 15 is 0 Å². The Bertz CT molecular complexity index is 1090. The number of amides is 2. The number of nitrogens with zero attached hydrogens (tertiary/aromatic N) is 2. The van der Waals surface area contributed by atoms with Crippen molar-refractivity contribution in [3.8, 4) is 11.5 Å². The lowest BCUT2D eigenvalue weighted by atomic mass is 9.80. The number of rotatable bonds is 3. The summed E-state index contributed by atoms with van der Waals surface area (Å²) in [5.41, 5.74) is 0.335. The number of halogens is 1. The van der Waals surface area contributed by atoms with Gasteiger partial charge in [-0.15, -0.1) is 0 Å². The van der Waals surface area contributed by atoms with E-state index in [1.165, 1.54) is 4.90 Å². The van der Waals surface area contributed by atoms with Gasteiger partial charge in [-0.25, -0.2) is 0 Å².